The highest BCUT2D eigenvalue weighted by Gasteiger charge is 1.95. The molecule has 0 saturated carbocycles. The van der Waals surface area contributed by atoms with Crippen LogP contribution in [-0.2, 0) is 6.42 Å². The van der Waals surface area contributed by atoms with Gasteiger partial charge in [0.1, 0.15) is 0 Å². The predicted octanol–water partition coefficient (Wildman–Crippen LogP) is 3.65. The van der Waals surface area contributed by atoms with E-state index in [-0.39, 0.29) is 0 Å². The molecular formula is C13H14ClN. The van der Waals surface area contributed by atoms with Gasteiger partial charge in [0, 0.05) is 24.0 Å². The molecule has 0 aliphatic rings. The first-order chi connectivity index (χ1) is 7.40. The van der Waals surface area contributed by atoms with Crippen LogP contribution >= 0.6 is 11.6 Å². The Morgan fingerprint density at radius 2 is 1.67 bits per heavy atom. The van der Waals surface area contributed by atoms with Crippen molar-refractivity contribution in [2.24, 2.45) is 0 Å². The fraction of sp³-hybridized carbons (Fsp3) is 0.231. The third kappa shape index (κ3) is 2.63. The minimum atomic E-state index is 0.735. The molecule has 0 saturated heterocycles. The normalized spacial score (nSPS) is 10.5. The van der Waals surface area contributed by atoms with Crippen LogP contribution in [0.3, 0.4) is 0 Å². The summed E-state index contributed by atoms with van der Waals surface area (Å²) in [7, 11) is 0. The number of aromatic nitrogens is 1. The Hall–Kier alpha value is -1.21. The van der Waals surface area contributed by atoms with Crippen LogP contribution in [0.1, 0.15) is 12.0 Å². The Bertz CT molecular complexity index is 389. The van der Waals surface area contributed by atoms with Crippen LogP contribution in [0.25, 0.3) is 5.69 Å². The van der Waals surface area contributed by atoms with E-state index in [1.165, 1.54) is 11.3 Å². The molecule has 1 aromatic heterocycles. The summed E-state index contributed by atoms with van der Waals surface area (Å²) < 4.78 is 2.10. The molecule has 1 aromatic carbocycles. The Labute approximate surface area is 95.3 Å². The molecule has 0 amide bonds. The van der Waals surface area contributed by atoms with Gasteiger partial charge >= 0.3 is 0 Å². The lowest BCUT2D eigenvalue weighted by molar-refractivity contribution is 0.926. The van der Waals surface area contributed by atoms with Crippen LogP contribution in [-0.4, -0.2) is 10.4 Å². The van der Waals surface area contributed by atoms with Crippen molar-refractivity contribution in [1.82, 2.24) is 4.57 Å². The van der Waals surface area contributed by atoms with Gasteiger partial charge in [0.25, 0.3) is 0 Å². The molecule has 0 fully saturated rings. The summed E-state index contributed by atoms with van der Waals surface area (Å²) in [6.45, 7) is 0. The van der Waals surface area contributed by atoms with Crippen molar-refractivity contribution in [2.45, 2.75) is 12.8 Å². The average molecular weight is 220 g/mol. The lowest BCUT2D eigenvalue weighted by Crippen LogP contribution is -1.91. The van der Waals surface area contributed by atoms with Gasteiger partial charge in [-0.05, 0) is 42.7 Å². The highest BCUT2D eigenvalue weighted by atomic mass is 35.5. The first kappa shape index (κ1) is 10.3. The molecule has 0 unspecified atom stereocenters. The Kier molecular flexibility index (Phi) is 3.46. The Balaban J connectivity index is 2.11. The smallest absolute Gasteiger partial charge is 0.0449 e. The fourth-order valence-corrected chi connectivity index (χ4v) is 1.75. The zero-order valence-corrected chi connectivity index (χ0v) is 9.32. The highest BCUT2D eigenvalue weighted by molar-refractivity contribution is 6.17. The van der Waals surface area contributed by atoms with Crippen molar-refractivity contribution >= 4 is 11.6 Å². The van der Waals surface area contributed by atoms with E-state index in [0.717, 1.165) is 18.7 Å². The molecule has 0 spiro atoms. The second kappa shape index (κ2) is 5.04. The number of aryl methyl sites for hydroxylation is 1. The predicted molar refractivity (Wildman–Crippen MR) is 64.8 cm³/mol. The summed E-state index contributed by atoms with van der Waals surface area (Å²) in [5.74, 6) is 0.735. The quantitative estimate of drug-likeness (QED) is 0.692. The largest absolute Gasteiger partial charge is 0.324 e. The van der Waals surface area contributed by atoms with Crippen LogP contribution in [0.2, 0.25) is 0 Å². The zero-order chi connectivity index (χ0) is 10.5. The lowest BCUT2D eigenvalue weighted by atomic mass is 10.1. The molecule has 0 bridgehead atoms. The number of hydrogen-bond donors (Lipinski definition) is 0. The van der Waals surface area contributed by atoms with Gasteiger partial charge in [-0.15, -0.1) is 11.6 Å². The number of alkyl halides is 1. The summed E-state index contributed by atoms with van der Waals surface area (Å²) in [4.78, 5) is 0. The van der Waals surface area contributed by atoms with E-state index >= 15 is 0 Å². The Morgan fingerprint density at radius 1 is 1.00 bits per heavy atom. The standard InChI is InChI=1S/C13H14ClN/c14-9-3-4-12-5-7-13(8-6-12)15-10-1-2-11-15/h1-2,5-8,10-11H,3-4,9H2. The number of hydrogen-bond acceptors (Lipinski definition) is 0. The van der Waals surface area contributed by atoms with Gasteiger partial charge < -0.3 is 4.57 Å². The van der Waals surface area contributed by atoms with Crippen molar-refractivity contribution < 1.29 is 0 Å². The summed E-state index contributed by atoms with van der Waals surface area (Å²) >= 11 is 5.66. The maximum Gasteiger partial charge on any atom is 0.0449 e. The second-order valence-electron chi connectivity index (χ2n) is 3.55. The van der Waals surface area contributed by atoms with Crippen molar-refractivity contribution in [1.29, 1.82) is 0 Å². The van der Waals surface area contributed by atoms with E-state index in [1.807, 2.05) is 24.5 Å². The summed E-state index contributed by atoms with van der Waals surface area (Å²) in [6, 6.07) is 12.7. The average Bonchev–Trinajstić information content (AvgIpc) is 2.80. The molecule has 0 aliphatic heterocycles. The van der Waals surface area contributed by atoms with Crippen molar-refractivity contribution in [2.75, 3.05) is 5.88 Å². The van der Waals surface area contributed by atoms with E-state index in [4.69, 9.17) is 11.6 Å². The molecule has 78 valence electrons. The van der Waals surface area contributed by atoms with E-state index in [0.29, 0.717) is 0 Å². The molecule has 0 aliphatic carbocycles. The fourth-order valence-electron chi connectivity index (χ4n) is 1.61. The molecule has 0 atom stereocenters. The van der Waals surface area contributed by atoms with E-state index in [2.05, 4.69) is 28.8 Å². The van der Waals surface area contributed by atoms with E-state index in [9.17, 15) is 0 Å². The van der Waals surface area contributed by atoms with Gasteiger partial charge in [0.2, 0.25) is 0 Å². The van der Waals surface area contributed by atoms with Crippen LogP contribution in [0.15, 0.2) is 48.8 Å². The van der Waals surface area contributed by atoms with Crippen molar-refractivity contribution in [3.63, 3.8) is 0 Å². The molecule has 2 rings (SSSR count). The van der Waals surface area contributed by atoms with Gasteiger partial charge in [0.05, 0.1) is 0 Å². The third-order valence-corrected chi connectivity index (χ3v) is 2.71. The maximum absolute atomic E-state index is 5.66. The van der Waals surface area contributed by atoms with Gasteiger partial charge in [-0.3, -0.25) is 0 Å². The molecule has 2 heteroatoms. The van der Waals surface area contributed by atoms with Crippen LogP contribution in [0.5, 0.6) is 0 Å². The monoisotopic (exact) mass is 219 g/mol. The summed E-state index contributed by atoms with van der Waals surface area (Å²) in [5, 5.41) is 0. The van der Waals surface area contributed by atoms with E-state index in [1.54, 1.807) is 0 Å². The molecule has 0 N–H and O–H groups in total. The van der Waals surface area contributed by atoms with Gasteiger partial charge in [-0.1, -0.05) is 12.1 Å². The molecule has 1 nitrogen and oxygen atoms in total. The minimum Gasteiger partial charge on any atom is -0.324 e. The first-order valence-corrected chi connectivity index (χ1v) is 5.72. The van der Waals surface area contributed by atoms with Crippen molar-refractivity contribution in [3.05, 3.63) is 54.4 Å². The molecule has 15 heavy (non-hydrogen) atoms. The molecule has 1 heterocycles. The number of nitrogens with zero attached hydrogens (tertiary/aromatic N) is 1. The van der Waals surface area contributed by atoms with Crippen LogP contribution in [0.4, 0.5) is 0 Å². The summed E-state index contributed by atoms with van der Waals surface area (Å²) in [5.41, 5.74) is 2.56. The van der Waals surface area contributed by atoms with Crippen LogP contribution in [0, 0.1) is 0 Å². The number of rotatable bonds is 4. The van der Waals surface area contributed by atoms with Gasteiger partial charge in [-0.2, -0.15) is 0 Å². The number of benzene rings is 1. The topological polar surface area (TPSA) is 4.93 Å². The van der Waals surface area contributed by atoms with Crippen molar-refractivity contribution in [3.8, 4) is 5.69 Å². The molecule has 0 radical (unpaired) electrons. The van der Waals surface area contributed by atoms with Gasteiger partial charge in [0.15, 0.2) is 0 Å². The van der Waals surface area contributed by atoms with Gasteiger partial charge in [-0.25, -0.2) is 0 Å². The molecular weight excluding hydrogens is 206 g/mol. The second-order valence-corrected chi connectivity index (χ2v) is 3.93. The van der Waals surface area contributed by atoms with E-state index < -0.39 is 0 Å². The minimum absolute atomic E-state index is 0.735. The highest BCUT2D eigenvalue weighted by Crippen LogP contribution is 2.11. The maximum atomic E-state index is 5.66. The Morgan fingerprint density at radius 3 is 2.27 bits per heavy atom. The summed E-state index contributed by atoms with van der Waals surface area (Å²) in [6.07, 6.45) is 6.21. The first-order valence-electron chi connectivity index (χ1n) is 5.18. The molecule has 2 aromatic rings. The SMILES string of the molecule is ClCCCc1ccc(-n2cccc2)cc1. The number of halogens is 1. The lowest BCUT2D eigenvalue weighted by Gasteiger charge is -2.04. The zero-order valence-electron chi connectivity index (χ0n) is 8.57. The van der Waals surface area contributed by atoms with Crippen LogP contribution < -0.4 is 0 Å². The third-order valence-electron chi connectivity index (χ3n) is 2.44.